The Kier molecular flexibility index (Phi) is 6.31. The monoisotopic (exact) mass is 452 g/mol. The molecule has 0 N–H and O–H groups in total. The number of piperazine rings is 1. The number of benzene rings is 2. The maximum atomic E-state index is 11.7. The quantitative estimate of drug-likeness (QED) is 0.691. The number of anilines is 1. The molecule has 2 saturated heterocycles. The lowest BCUT2D eigenvalue weighted by Gasteiger charge is -2.40. The van der Waals surface area contributed by atoms with Crippen LogP contribution in [-0.4, -0.2) is 87.3 Å². The number of amides is 1. The second-order valence-electron chi connectivity index (χ2n) is 9.03. The van der Waals surface area contributed by atoms with Crippen molar-refractivity contribution in [3.05, 3.63) is 53.6 Å². The highest BCUT2D eigenvalue weighted by Gasteiger charge is 2.30. The minimum Gasteiger partial charge on any atom is -0.448 e. The van der Waals surface area contributed by atoms with E-state index in [9.17, 15) is 4.79 Å². The van der Waals surface area contributed by atoms with Crippen molar-refractivity contribution in [1.29, 1.82) is 0 Å². The predicted octanol–water partition coefficient (Wildman–Crippen LogP) is 3.57. The summed E-state index contributed by atoms with van der Waals surface area (Å²) in [5.74, 6) is 0. The average Bonchev–Trinajstić information content (AvgIpc) is 3.14. The fraction of sp³-hybridized carbons (Fsp3) is 0.480. The van der Waals surface area contributed by atoms with E-state index in [2.05, 4.69) is 71.3 Å². The highest BCUT2D eigenvalue weighted by Crippen LogP contribution is 2.43. The van der Waals surface area contributed by atoms with Gasteiger partial charge in [0.15, 0.2) is 0 Å². The third-order valence-electron chi connectivity index (χ3n) is 6.85. The summed E-state index contributed by atoms with van der Waals surface area (Å²) in [7, 11) is 4.22. The summed E-state index contributed by atoms with van der Waals surface area (Å²) in [6.07, 6.45) is 0.882. The van der Waals surface area contributed by atoms with Gasteiger partial charge in [0, 0.05) is 74.9 Å². The van der Waals surface area contributed by atoms with Crippen molar-refractivity contribution in [2.75, 3.05) is 71.4 Å². The molecule has 1 unspecified atom stereocenters. The Hall–Kier alpha value is -2.22. The van der Waals surface area contributed by atoms with Crippen molar-refractivity contribution in [2.24, 2.45) is 0 Å². The highest BCUT2D eigenvalue weighted by atomic mass is 32.2. The van der Waals surface area contributed by atoms with Crippen molar-refractivity contribution in [2.45, 2.75) is 22.3 Å². The van der Waals surface area contributed by atoms with Gasteiger partial charge < -0.3 is 14.5 Å². The van der Waals surface area contributed by atoms with E-state index in [1.54, 1.807) is 0 Å². The molecule has 1 atom stereocenters. The first-order valence-electron chi connectivity index (χ1n) is 11.5. The topological polar surface area (TPSA) is 39.3 Å². The van der Waals surface area contributed by atoms with Crippen molar-refractivity contribution in [3.63, 3.8) is 0 Å². The molecule has 2 aromatic carbocycles. The molecule has 0 aliphatic carbocycles. The number of rotatable bonds is 5. The number of cyclic esters (lactones) is 1. The normalized spacial score (nSPS) is 21.6. The Morgan fingerprint density at radius 2 is 1.81 bits per heavy atom. The first kappa shape index (κ1) is 21.6. The molecule has 170 valence electrons. The molecule has 2 fully saturated rings. The second kappa shape index (κ2) is 9.33. The molecule has 3 heterocycles. The van der Waals surface area contributed by atoms with E-state index in [4.69, 9.17) is 4.74 Å². The van der Waals surface area contributed by atoms with Gasteiger partial charge in [0.1, 0.15) is 6.61 Å². The molecular weight excluding hydrogens is 420 g/mol. The van der Waals surface area contributed by atoms with Crippen LogP contribution in [0.2, 0.25) is 0 Å². The van der Waals surface area contributed by atoms with Crippen LogP contribution in [0, 0.1) is 0 Å². The van der Waals surface area contributed by atoms with Crippen LogP contribution in [-0.2, 0) is 11.2 Å². The van der Waals surface area contributed by atoms with Gasteiger partial charge in [-0.3, -0.25) is 9.80 Å². The summed E-state index contributed by atoms with van der Waals surface area (Å²) in [5.41, 5.74) is 4.16. The van der Waals surface area contributed by atoms with E-state index in [-0.39, 0.29) is 6.09 Å². The largest absolute Gasteiger partial charge is 0.448 e. The minimum absolute atomic E-state index is 0.160. The molecule has 5 rings (SSSR count). The van der Waals surface area contributed by atoms with Gasteiger partial charge in [0.05, 0.1) is 6.54 Å². The summed E-state index contributed by atoms with van der Waals surface area (Å²) < 4.78 is 5.05. The lowest BCUT2D eigenvalue weighted by atomic mass is 9.96. The van der Waals surface area contributed by atoms with Crippen LogP contribution in [0.5, 0.6) is 0 Å². The summed E-state index contributed by atoms with van der Waals surface area (Å²) in [6, 6.07) is 16.2. The Morgan fingerprint density at radius 1 is 1.00 bits per heavy atom. The van der Waals surface area contributed by atoms with Crippen LogP contribution < -0.4 is 4.90 Å². The van der Waals surface area contributed by atoms with Crippen molar-refractivity contribution in [1.82, 2.24) is 14.7 Å². The maximum Gasteiger partial charge on any atom is 0.409 e. The van der Waals surface area contributed by atoms with E-state index in [0.717, 1.165) is 52.2 Å². The standard InChI is InChI=1S/C25H32N4O2S/c1-26(2)20-7-8-23-19(17-20)18-22(21-5-3-4-6-24(21)32-23)28-12-9-27(10-13-28)11-14-29-15-16-31-25(29)30/h3-8,17,22H,9-16,18H2,1-2H3. The van der Waals surface area contributed by atoms with Crippen LogP contribution in [0.15, 0.2) is 52.3 Å². The Morgan fingerprint density at radius 3 is 2.56 bits per heavy atom. The number of hydrogen-bond acceptors (Lipinski definition) is 6. The molecule has 1 amide bonds. The molecule has 3 aliphatic rings. The van der Waals surface area contributed by atoms with E-state index in [1.807, 2.05) is 16.7 Å². The number of carbonyl (C=O) groups is 1. The smallest absolute Gasteiger partial charge is 0.409 e. The minimum atomic E-state index is -0.160. The van der Waals surface area contributed by atoms with Gasteiger partial charge in [-0.1, -0.05) is 30.0 Å². The van der Waals surface area contributed by atoms with Crippen LogP contribution in [0.4, 0.5) is 10.5 Å². The van der Waals surface area contributed by atoms with Gasteiger partial charge in [-0.25, -0.2) is 4.79 Å². The highest BCUT2D eigenvalue weighted by molar-refractivity contribution is 7.99. The van der Waals surface area contributed by atoms with Gasteiger partial charge in [0.2, 0.25) is 0 Å². The van der Waals surface area contributed by atoms with Crippen molar-refractivity contribution < 1.29 is 9.53 Å². The fourth-order valence-corrected chi connectivity index (χ4v) is 6.02. The van der Waals surface area contributed by atoms with Crippen LogP contribution in [0.3, 0.4) is 0 Å². The van der Waals surface area contributed by atoms with Crippen molar-refractivity contribution >= 4 is 23.5 Å². The lowest BCUT2D eigenvalue weighted by molar-refractivity contribution is 0.0889. The predicted molar refractivity (Wildman–Crippen MR) is 129 cm³/mol. The molecule has 7 heteroatoms. The van der Waals surface area contributed by atoms with E-state index >= 15 is 0 Å². The number of carbonyl (C=O) groups excluding carboxylic acids is 1. The van der Waals surface area contributed by atoms with E-state index < -0.39 is 0 Å². The fourth-order valence-electron chi connectivity index (χ4n) is 4.90. The SMILES string of the molecule is CN(C)c1ccc2c(c1)CC(N1CCN(CCN3CCOC3=O)CC1)c1ccccc1S2. The average molecular weight is 453 g/mol. The molecule has 32 heavy (non-hydrogen) atoms. The maximum absolute atomic E-state index is 11.7. The molecule has 0 radical (unpaired) electrons. The van der Waals surface area contributed by atoms with Gasteiger partial charge in [-0.05, 0) is 41.8 Å². The first-order chi connectivity index (χ1) is 15.6. The lowest BCUT2D eigenvalue weighted by Crippen LogP contribution is -2.49. The summed E-state index contributed by atoms with van der Waals surface area (Å²) in [6.45, 7) is 7.14. The molecule has 0 spiro atoms. The zero-order valence-electron chi connectivity index (χ0n) is 19.0. The Balaban J connectivity index is 1.30. The second-order valence-corrected chi connectivity index (χ2v) is 10.1. The number of ether oxygens (including phenoxy) is 1. The zero-order valence-corrected chi connectivity index (χ0v) is 19.8. The third-order valence-corrected chi connectivity index (χ3v) is 8.06. The molecule has 6 nitrogen and oxygen atoms in total. The van der Waals surface area contributed by atoms with Crippen LogP contribution >= 0.6 is 11.8 Å². The summed E-state index contributed by atoms with van der Waals surface area (Å²) in [4.78, 5) is 23.6. The van der Waals surface area contributed by atoms with Gasteiger partial charge in [-0.2, -0.15) is 0 Å². The van der Waals surface area contributed by atoms with Crippen LogP contribution in [0.25, 0.3) is 0 Å². The Bertz CT molecular complexity index is 974. The van der Waals surface area contributed by atoms with Gasteiger partial charge in [-0.15, -0.1) is 0 Å². The molecule has 0 saturated carbocycles. The molecule has 0 aromatic heterocycles. The van der Waals surface area contributed by atoms with Gasteiger partial charge >= 0.3 is 6.09 Å². The van der Waals surface area contributed by atoms with Crippen LogP contribution in [0.1, 0.15) is 17.2 Å². The van der Waals surface area contributed by atoms with Gasteiger partial charge in [0.25, 0.3) is 0 Å². The third kappa shape index (κ3) is 4.47. The summed E-state index contributed by atoms with van der Waals surface area (Å²) in [5, 5.41) is 0. The molecular formula is C25H32N4O2S. The molecule has 2 aromatic rings. The first-order valence-corrected chi connectivity index (χ1v) is 12.4. The Labute approximate surface area is 195 Å². The number of hydrogen-bond donors (Lipinski definition) is 0. The van der Waals surface area contributed by atoms with E-state index in [1.165, 1.54) is 26.6 Å². The van der Waals surface area contributed by atoms with Crippen molar-refractivity contribution in [3.8, 4) is 0 Å². The number of nitrogens with zero attached hydrogens (tertiary/aromatic N) is 4. The summed E-state index contributed by atoms with van der Waals surface area (Å²) >= 11 is 1.91. The van der Waals surface area contributed by atoms with E-state index in [0.29, 0.717) is 12.6 Å². The molecule has 0 bridgehead atoms. The number of fused-ring (bicyclic) bond motifs is 2. The molecule has 3 aliphatic heterocycles. The zero-order chi connectivity index (χ0) is 22.1.